The number of hydrogen-bond donors (Lipinski definition) is 2. The van der Waals surface area contributed by atoms with E-state index in [1.807, 2.05) is 6.07 Å². The standard InChI is InChI=1S/C12H17BrN4O3/c1-16(2)12(18)15-7-6-14-8-9-4-3-5-10(11(9)13)17(19)20/h3-5,14H,6-8H2,1-2H3,(H,15,18). The highest BCUT2D eigenvalue weighted by Crippen LogP contribution is 2.27. The number of nitrogens with one attached hydrogen (secondary N) is 2. The maximum Gasteiger partial charge on any atom is 0.316 e. The lowest BCUT2D eigenvalue weighted by Crippen LogP contribution is -2.38. The third kappa shape index (κ3) is 4.78. The maximum absolute atomic E-state index is 11.3. The van der Waals surface area contributed by atoms with Crippen LogP contribution in [0.25, 0.3) is 0 Å². The fraction of sp³-hybridized carbons (Fsp3) is 0.417. The summed E-state index contributed by atoms with van der Waals surface area (Å²) in [5.41, 5.74) is 0.850. The van der Waals surface area contributed by atoms with Gasteiger partial charge in [-0.25, -0.2) is 4.79 Å². The number of benzene rings is 1. The predicted octanol–water partition coefficient (Wildman–Crippen LogP) is 1.72. The second kappa shape index (κ2) is 7.81. The number of rotatable bonds is 6. The lowest BCUT2D eigenvalue weighted by atomic mass is 10.2. The molecular formula is C12H17BrN4O3. The van der Waals surface area contributed by atoms with E-state index in [4.69, 9.17) is 0 Å². The monoisotopic (exact) mass is 344 g/mol. The summed E-state index contributed by atoms with van der Waals surface area (Å²) >= 11 is 3.24. The smallest absolute Gasteiger partial charge is 0.316 e. The molecular weight excluding hydrogens is 328 g/mol. The molecule has 0 aromatic heterocycles. The van der Waals surface area contributed by atoms with Crippen LogP contribution in [0.5, 0.6) is 0 Å². The summed E-state index contributed by atoms with van der Waals surface area (Å²) in [5, 5.41) is 16.6. The molecule has 110 valence electrons. The van der Waals surface area contributed by atoms with Crippen molar-refractivity contribution in [1.29, 1.82) is 0 Å². The van der Waals surface area contributed by atoms with E-state index >= 15 is 0 Å². The van der Waals surface area contributed by atoms with Crippen molar-refractivity contribution in [1.82, 2.24) is 15.5 Å². The summed E-state index contributed by atoms with van der Waals surface area (Å²) in [5.74, 6) is 0. The number of amides is 2. The predicted molar refractivity (Wildman–Crippen MR) is 79.6 cm³/mol. The van der Waals surface area contributed by atoms with Crippen LogP contribution in [-0.2, 0) is 6.54 Å². The Morgan fingerprint density at radius 2 is 2.10 bits per heavy atom. The number of nitro groups is 1. The SMILES string of the molecule is CN(C)C(=O)NCCNCc1cccc([N+](=O)[O-])c1Br. The minimum atomic E-state index is -0.426. The van der Waals surface area contributed by atoms with Gasteiger partial charge in [0.25, 0.3) is 5.69 Å². The van der Waals surface area contributed by atoms with Gasteiger partial charge in [0.1, 0.15) is 0 Å². The molecule has 2 N–H and O–H groups in total. The summed E-state index contributed by atoms with van der Waals surface area (Å²) in [6, 6.07) is 4.75. The second-order valence-electron chi connectivity index (χ2n) is 4.31. The largest absolute Gasteiger partial charge is 0.337 e. The van der Waals surface area contributed by atoms with Gasteiger partial charge in [0.2, 0.25) is 0 Å². The highest BCUT2D eigenvalue weighted by molar-refractivity contribution is 9.10. The molecule has 20 heavy (non-hydrogen) atoms. The number of halogens is 1. The highest BCUT2D eigenvalue weighted by atomic mass is 79.9. The van der Waals surface area contributed by atoms with Gasteiger partial charge in [-0.1, -0.05) is 12.1 Å². The lowest BCUT2D eigenvalue weighted by molar-refractivity contribution is -0.385. The fourth-order valence-electron chi connectivity index (χ4n) is 1.48. The average Bonchev–Trinajstić information content (AvgIpc) is 2.39. The highest BCUT2D eigenvalue weighted by Gasteiger charge is 2.14. The van der Waals surface area contributed by atoms with Crippen molar-refractivity contribution < 1.29 is 9.72 Å². The van der Waals surface area contributed by atoms with E-state index in [0.717, 1.165) is 5.56 Å². The van der Waals surface area contributed by atoms with Gasteiger partial charge in [0, 0.05) is 39.8 Å². The topological polar surface area (TPSA) is 87.5 Å². The number of urea groups is 1. The Labute approximate surface area is 125 Å². The quantitative estimate of drug-likeness (QED) is 0.467. The van der Waals surface area contributed by atoms with Crippen molar-refractivity contribution in [2.45, 2.75) is 6.54 Å². The molecule has 0 saturated heterocycles. The summed E-state index contributed by atoms with van der Waals surface area (Å²) in [7, 11) is 3.34. The first-order chi connectivity index (χ1) is 9.43. The summed E-state index contributed by atoms with van der Waals surface area (Å²) in [6.07, 6.45) is 0. The molecule has 0 fully saturated rings. The van der Waals surface area contributed by atoms with E-state index in [9.17, 15) is 14.9 Å². The van der Waals surface area contributed by atoms with Gasteiger partial charge >= 0.3 is 6.03 Å². The van der Waals surface area contributed by atoms with Crippen LogP contribution in [0.1, 0.15) is 5.56 Å². The molecule has 0 bridgehead atoms. The Morgan fingerprint density at radius 3 is 2.70 bits per heavy atom. The third-order valence-corrected chi connectivity index (χ3v) is 3.47. The van der Waals surface area contributed by atoms with Crippen LogP contribution in [-0.4, -0.2) is 43.0 Å². The van der Waals surface area contributed by atoms with Gasteiger partial charge in [0.15, 0.2) is 0 Å². The molecule has 0 radical (unpaired) electrons. The first-order valence-corrected chi connectivity index (χ1v) is 6.80. The van der Waals surface area contributed by atoms with E-state index in [1.165, 1.54) is 11.0 Å². The number of hydrogen-bond acceptors (Lipinski definition) is 4. The lowest BCUT2D eigenvalue weighted by Gasteiger charge is -2.12. The molecule has 2 amide bonds. The van der Waals surface area contributed by atoms with Gasteiger partial charge in [-0.05, 0) is 21.5 Å². The van der Waals surface area contributed by atoms with Crippen LogP contribution in [0.15, 0.2) is 22.7 Å². The van der Waals surface area contributed by atoms with Gasteiger partial charge in [-0.2, -0.15) is 0 Å². The van der Waals surface area contributed by atoms with E-state index in [-0.39, 0.29) is 11.7 Å². The molecule has 1 aromatic carbocycles. The number of nitro benzene ring substituents is 1. The molecule has 7 nitrogen and oxygen atoms in total. The number of carbonyl (C=O) groups is 1. The Bertz CT molecular complexity index is 494. The Morgan fingerprint density at radius 1 is 1.40 bits per heavy atom. The van der Waals surface area contributed by atoms with Gasteiger partial charge in [0.05, 0.1) is 9.40 Å². The Balaban J connectivity index is 2.41. The van der Waals surface area contributed by atoms with Crippen molar-refractivity contribution in [3.63, 3.8) is 0 Å². The molecule has 0 unspecified atom stereocenters. The molecule has 0 aliphatic carbocycles. The van der Waals surface area contributed by atoms with Crippen LogP contribution in [0.2, 0.25) is 0 Å². The minimum Gasteiger partial charge on any atom is -0.337 e. The normalized spacial score (nSPS) is 10.2. The van der Waals surface area contributed by atoms with Crippen LogP contribution < -0.4 is 10.6 Å². The van der Waals surface area contributed by atoms with E-state index in [2.05, 4.69) is 26.6 Å². The van der Waals surface area contributed by atoms with Crippen LogP contribution in [0, 0.1) is 10.1 Å². The zero-order valence-electron chi connectivity index (χ0n) is 11.4. The number of nitrogens with zero attached hydrogens (tertiary/aromatic N) is 2. The first kappa shape index (κ1) is 16.4. The summed E-state index contributed by atoms with van der Waals surface area (Å²) < 4.78 is 0.481. The first-order valence-electron chi connectivity index (χ1n) is 6.01. The molecule has 0 aliphatic rings. The van der Waals surface area contributed by atoms with Crippen molar-refractivity contribution >= 4 is 27.6 Å². The second-order valence-corrected chi connectivity index (χ2v) is 5.10. The maximum atomic E-state index is 11.3. The zero-order chi connectivity index (χ0) is 15.1. The molecule has 0 aliphatic heterocycles. The number of carbonyl (C=O) groups excluding carboxylic acids is 1. The summed E-state index contributed by atoms with van der Waals surface area (Å²) in [4.78, 5) is 23.1. The van der Waals surface area contributed by atoms with Crippen molar-refractivity contribution in [2.24, 2.45) is 0 Å². The molecule has 0 atom stereocenters. The molecule has 0 heterocycles. The third-order valence-electron chi connectivity index (χ3n) is 2.55. The van der Waals surface area contributed by atoms with Crippen molar-refractivity contribution in [3.8, 4) is 0 Å². The Hall–Kier alpha value is -1.67. The van der Waals surface area contributed by atoms with E-state index in [1.54, 1.807) is 20.2 Å². The fourth-order valence-corrected chi connectivity index (χ4v) is 2.03. The summed E-state index contributed by atoms with van der Waals surface area (Å²) in [6.45, 7) is 1.55. The van der Waals surface area contributed by atoms with Crippen LogP contribution >= 0.6 is 15.9 Å². The molecule has 0 spiro atoms. The van der Waals surface area contributed by atoms with Crippen LogP contribution in [0.4, 0.5) is 10.5 Å². The average molecular weight is 345 g/mol. The van der Waals surface area contributed by atoms with E-state index < -0.39 is 4.92 Å². The van der Waals surface area contributed by atoms with Crippen LogP contribution in [0.3, 0.4) is 0 Å². The zero-order valence-corrected chi connectivity index (χ0v) is 12.9. The molecule has 8 heteroatoms. The molecule has 0 saturated carbocycles. The van der Waals surface area contributed by atoms with Gasteiger partial charge < -0.3 is 15.5 Å². The molecule has 1 rings (SSSR count). The molecule has 1 aromatic rings. The Kier molecular flexibility index (Phi) is 6.40. The van der Waals surface area contributed by atoms with Crippen molar-refractivity contribution in [3.05, 3.63) is 38.3 Å². The minimum absolute atomic E-state index is 0.0465. The van der Waals surface area contributed by atoms with Crippen molar-refractivity contribution in [2.75, 3.05) is 27.2 Å². The van der Waals surface area contributed by atoms with E-state index in [0.29, 0.717) is 24.1 Å². The van der Waals surface area contributed by atoms with Gasteiger partial charge in [-0.15, -0.1) is 0 Å². The van der Waals surface area contributed by atoms with Gasteiger partial charge in [-0.3, -0.25) is 10.1 Å².